The molecule has 0 aromatic heterocycles. The van der Waals surface area contributed by atoms with Crippen LogP contribution in [0.1, 0.15) is 12.0 Å². The van der Waals surface area contributed by atoms with Gasteiger partial charge in [-0.1, -0.05) is 12.1 Å². The molecule has 3 N–H and O–H groups in total. The van der Waals surface area contributed by atoms with Gasteiger partial charge in [0.15, 0.2) is 0 Å². The molecular weight excluding hydrogens is 235 g/mol. The largest absolute Gasteiger partial charge is 0.481 e. The van der Waals surface area contributed by atoms with Crippen molar-refractivity contribution in [2.45, 2.75) is 18.3 Å². The maximum atomic E-state index is 13.0. The Morgan fingerprint density at radius 1 is 1.47 bits per heavy atom. The molecule has 1 aromatic rings. The number of carboxylic acid groups (broad SMARTS) is 1. The average molecular weight is 247 g/mol. The molecule has 0 spiro atoms. The van der Waals surface area contributed by atoms with Crippen LogP contribution in [0.3, 0.4) is 0 Å². The first-order chi connectivity index (χ1) is 7.92. The van der Waals surface area contributed by atoms with Crippen LogP contribution in [0.25, 0.3) is 0 Å². The van der Waals surface area contributed by atoms with Crippen molar-refractivity contribution in [1.29, 1.82) is 0 Å². The van der Waals surface area contributed by atoms with Gasteiger partial charge in [-0.2, -0.15) is 0 Å². The number of rotatable bonds is 5. The number of nitrogens with two attached hydrogens (primary N) is 1. The molecule has 0 fully saturated rings. The van der Waals surface area contributed by atoms with Gasteiger partial charge >= 0.3 is 5.97 Å². The monoisotopic (exact) mass is 247 g/mol. The van der Waals surface area contributed by atoms with E-state index in [0.29, 0.717) is 0 Å². The lowest BCUT2D eigenvalue weighted by molar-refractivity contribution is -0.145. The molecule has 0 saturated carbocycles. The molecule has 0 saturated heterocycles. The van der Waals surface area contributed by atoms with Crippen LogP contribution in [-0.4, -0.2) is 24.0 Å². The molecular formula is C11H12F3NO2. The Hall–Kier alpha value is -1.56. The molecule has 17 heavy (non-hydrogen) atoms. The number of hydrogen-bond acceptors (Lipinski definition) is 2. The lowest BCUT2D eigenvalue weighted by Crippen LogP contribution is -2.44. The molecule has 0 bridgehead atoms. The topological polar surface area (TPSA) is 63.3 Å². The molecule has 0 heterocycles. The molecule has 6 heteroatoms. The van der Waals surface area contributed by atoms with Gasteiger partial charge in [-0.3, -0.25) is 4.79 Å². The molecule has 0 aliphatic carbocycles. The van der Waals surface area contributed by atoms with E-state index in [2.05, 4.69) is 0 Å². The normalized spacial score (nSPS) is 14.6. The van der Waals surface area contributed by atoms with Gasteiger partial charge in [-0.15, -0.1) is 0 Å². The van der Waals surface area contributed by atoms with Gasteiger partial charge in [0.1, 0.15) is 11.2 Å². The van der Waals surface area contributed by atoms with Gasteiger partial charge in [-0.25, -0.2) is 13.2 Å². The standard InChI is InChI=1S/C11H12F3NO2/c12-8-3-1-2-7(4-8)11(6-15,10(16)17)5-9(13)14/h1-4,9H,5-6,15H2,(H,16,17). The summed E-state index contributed by atoms with van der Waals surface area (Å²) in [5, 5.41) is 9.08. The Morgan fingerprint density at radius 3 is 2.53 bits per heavy atom. The van der Waals surface area contributed by atoms with E-state index in [4.69, 9.17) is 10.8 Å². The van der Waals surface area contributed by atoms with Crippen LogP contribution >= 0.6 is 0 Å². The number of alkyl halides is 2. The zero-order valence-corrected chi connectivity index (χ0v) is 8.87. The fourth-order valence-electron chi connectivity index (χ4n) is 1.67. The van der Waals surface area contributed by atoms with E-state index in [0.717, 1.165) is 12.1 Å². The summed E-state index contributed by atoms with van der Waals surface area (Å²) >= 11 is 0. The maximum Gasteiger partial charge on any atom is 0.315 e. The highest BCUT2D eigenvalue weighted by Gasteiger charge is 2.41. The molecule has 1 rings (SSSR count). The van der Waals surface area contributed by atoms with E-state index in [9.17, 15) is 18.0 Å². The third kappa shape index (κ3) is 2.76. The first kappa shape index (κ1) is 13.5. The average Bonchev–Trinajstić information content (AvgIpc) is 2.25. The lowest BCUT2D eigenvalue weighted by atomic mass is 9.77. The number of halogens is 3. The second-order valence-corrected chi connectivity index (χ2v) is 3.70. The summed E-state index contributed by atoms with van der Waals surface area (Å²) in [4.78, 5) is 11.2. The van der Waals surface area contributed by atoms with E-state index in [1.54, 1.807) is 0 Å². The highest BCUT2D eigenvalue weighted by atomic mass is 19.3. The zero-order valence-electron chi connectivity index (χ0n) is 8.87. The van der Waals surface area contributed by atoms with Crippen molar-refractivity contribution in [2.24, 2.45) is 5.73 Å². The van der Waals surface area contributed by atoms with Crippen LogP contribution in [0.15, 0.2) is 24.3 Å². The number of hydrogen-bond donors (Lipinski definition) is 2. The Balaban J connectivity index is 3.26. The summed E-state index contributed by atoms with van der Waals surface area (Å²) in [6.45, 7) is -0.518. The molecule has 0 amide bonds. The molecule has 1 aromatic carbocycles. The fraction of sp³-hybridized carbons (Fsp3) is 0.364. The SMILES string of the molecule is NCC(CC(F)F)(C(=O)O)c1cccc(F)c1. The summed E-state index contributed by atoms with van der Waals surface area (Å²) in [6.07, 6.45) is -3.78. The Morgan fingerprint density at radius 2 is 2.12 bits per heavy atom. The highest BCUT2D eigenvalue weighted by molar-refractivity contribution is 5.81. The van der Waals surface area contributed by atoms with Gasteiger partial charge in [-0.05, 0) is 17.7 Å². The van der Waals surface area contributed by atoms with Crippen molar-refractivity contribution < 1.29 is 23.1 Å². The van der Waals surface area contributed by atoms with Gasteiger partial charge in [0.25, 0.3) is 0 Å². The van der Waals surface area contributed by atoms with Crippen molar-refractivity contribution in [3.05, 3.63) is 35.6 Å². The van der Waals surface area contributed by atoms with Crippen LogP contribution in [0.5, 0.6) is 0 Å². The molecule has 94 valence electrons. The first-order valence-electron chi connectivity index (χ1n) is 4.90. The highest BCUT2D eigenvalue weighted by Crippen LogP contribution is 2.30. The third-order valence-corrected chi connectivity index (χ3v) is 2.64. The molecule has 0 aliphatic heterocycles. The summed E-state index contributed by atoms with van der Waals surface area (Å²) in [5.41, 5.74) is 3.31. The van der Waals surface area contributed by atoms with Crippen LogP contribution in [0.4, 0.5) is 13.2 Å². The van der Waals surface area contributed by atoms with Gasteiger partial charge in [0, 0.05) is 13.0 Å². The minimum absolute atomic E-state index is 0.0483. The summed E-state index contributed by atoms with van der Waals surface area (Å²) in [5.74, 6) is -2.17. The Labute approximate surface area is 96.0 Å². The van der Waals surface area contributed by atoms with E-state index >= 15 is 0 Å². The van der Waals surface area contributed by atoms with Crippen molar-refractivity contribution in [3.8, 4) is 0 Å². The number of benzene rings is 1. The van der Waals surface area contributed by atoms with Gasteiger partial charge < -0.3 is 10.8 Å². The molecule has 1 atom stereocenters. The Bertz CT molecular complexity index is 411. The van der Waals surface area contributed by atoms with E-state index in [-0.39, 0.29) is 5.56 Å². The van der Waals surface area contributed by atoms with Crippen LogP contribution in [0.2, 0.25) is 0 Å². The quantitative estimate of drug-likeness (QED) is 0.833. The summed E-state index contributed by atoms with van der Waals surface area (Å²) < 4.78 is 37.9. The molecule has 0 radical (unpaired) electrons. The number of carbonyl (C=O) groups is 1. The van der Waals surface area contributed by atoms with Crippen molar-refractivity contribution in [3.63, 3.8) is 0 Å². The van der Waals surface area contributed by atoms with E-state index in [1.807, 2.05) is 0 Å². The lowest BCUT2D eigenvalue weighted by Gasteiger charge is -2.28. The Kier molecular flexibility index (Phi) is 4.11. The summed E-state index contributed by atoms with van der Waals surface area (Å²) in [6, 6.07) is 4.58. The first-order valence-corrected chi connectivity index (χ1v) is 4.90. The van der Waals surface area contributed by atoms with E-state index < -0.39 is 36.6 Å². The van der Waals surface area contributed by atoms with Crippen LogP contribution < -0.4 is 5.73 Å². The van der Waals surface area contributed by atoms with Crippen LogP contribution in [-0.2, 0) is 10.2 Å². The molecule has 1 unspecified atom stereocenters. The van der Waals surface area contributed by atoms with Crippen molar-refractivity contribution in [2.75, 3.05) is 6.54 Å². The number of aliphatic carboxylic acids is 1. The van der Waals surface area contributed by atoms with E-state index in [1.165, 1.54) is 12.1 Å². The fourth-order valence-corrected chi connectivity index (χ4v) is 1.67. The molecule has 3 nitrogen and oxygen atoms in total. The minimum Gasteiger partial charge on any atom is -0.481 e. The van der Waals surface area contributed by atoms with Crippen molar-refractivity contribution in [1.82, 2.24) is 0 Å². The predicted octanol–water partition coefficient (Wildman–Crippen LogP) is 1.76. The summed E-state index contributed by atoms with van der Waals surface area (Å²) in [7, 11) is 0. The third-order valence-electron chi connectivity index (χ3n) is 2.64. The van der Waals surface area contributed by atoms with Crippen molar-refractivity contribution >= 4 is 5.97 Å². The molecule has 0 aliphatic rings. The van der Waals surface area contributed by atoms with Crippen LogP contribution in [0, 0.1) is 5.82 Å². The smallest absolute Gasteiger partial charge is 0.315 e. The minimum atomic E-state index is -2.84. The second kappa shape index (κ2) is 5.18. The predicted molar refractivity (Wildman–Crippen MR) is 55.4 cm³/mol. The second-order valence-electron chi connectivity index (χ2n) is 3.70. The zero-order chi connectivity index (χ0) is 13.1. The maximum absolute atomic E-state index is 13.0. The van der Waals surface area contributed by atoms with Gasteiger partial charge in [0.2, 0.25) is 6.43 Å². The van der Waals surface area contributed by atoms with Gasteiger partial charge in [0.05, 0.1) is 0 Å². The number of carboxylic acids is 1.